The Balaban J connectivity index is 1.50. The van der Waals surface area contributed by atoms with Crippen LogP contribution in [0.2, 0.25) is 5.02 Å². The van der Waals surface area contributed by atoms with Gasteiger partial charge in [-0.3, -0.25) is 4.90 Å². The molecule has 232 valence electrons. The lowest BCUT2D eigenvalue weighted by atomic mass is 10.1. The van der Waals surface area contributed by atoms with E-state index in [2.05, 4.69) is 40.5 Å². The third-order valence-electron chi connectivity index (χ3n) is 6.84. The van der Waals surface area contributed by atoms with Crippen LogP contribution in [-0.2, 0) is 9.47 Å². The van der Waals surface area contributed by atoms with Gasteiger partial charge in [-0.05, 0) is 73.6 Å². The van der Waals surface area contributed by atoms with Gasteiger partial charge in [0.05, 0.1) is 17.2 Å². The van der Waals surface area contributed by atoms with Crippen LogP contribution in [0, 0.1) is 5.82 Å². The standard InChI is InChI=1S/C31H39ClFN5O4S/c1-10-13-37(18(2)3)26-12-11-20(16-34-26)27-35-36-28(43-27)21-14-23(33)25(15-22(21)32)40-17-24-19(4)41-31(8,9)38(24)29(39)42-30(5,6)7/h10-12,14-16,18-19,24H,1,13,17H2,2-9H3. The molecule has 0 radical (unpaired) electrons. The van der Waals surface area contributed by atoms with E-state index >= 15 is 4.39 Å². The van der Waals surface area contributed by atoms with E-state index in [0.29, 0.717) is 22.1 Å². The van der Waals surface area contributed by atoms with E-state index in [4.69, 9.17) is 25.8 Å². The minimum absolute atomic E-state index is 0.0244. The van der Waals surface area contributed by atoms with Crippen molar-refractivity contribution in [2.75, 3.05) is 18.1 Å². The second kappa shape index (κ2) is 12.8. The highest BCUT2D eigenvalue weighted by molar-refractivity contribution is 7.18. The highest BCUT2D eigenvalue weighted by Gasteiger charge is 2.50. The van der Waals surface area contributed by atoms with Gasteiger partial charge in [0.1, 0.15) is 33.8 Å². The number of carbonyl (C=O) groups is 1. The highest BCUT2D eigenvalue weighted by Crippen LogP contribution is 2.38. The number of anilines is 1. The number of benzene rings is 1. The fourth-order valence-corrected chi connectivity index (χ4v) is 6.06. The molecule has 0 N–H and O–H groups in total. The first-order valence-electron chi connectivity index (χ1n) is 14.1. The van der Waals surface area contributed by atoms with Crippen LogP contribution in [-0.4, -0.2) is 68.8 Å². The summed E-state index contributed by atoms with van der Waals surface area (Å²) in [6.45, 7) is 19.5. The van der Waals surface area contributed by atoms with Gasteiger partial charge in [-0.2, -0.15) is 0 Å². The molecule has 43 heavy (non-hydrogen) atoms. The van der Waals surface area contributed by atoms with Crippen LogP contribution in [0.1, 0.15) is 55.4 Å². The Morgan fingerprint density at radius 2 is 1.98 bits per heavy atom. The normalized spacial score (nSPS) is 18.2. The number of nitrogens with zero attached hydrogens (tertiary/aromatic N) is 5. The Hall–Kier alpha value is -3.28. The smallest absolute Gasteiger partial charge is 0.413 e. The lowest BCUT2D eigenvalue weighted by molar-refractivity contribution is -0.0760. The molecule has 2 aromatic heterocycles. The highest BCUT2D eigenvalue weighted by atomic mass is 35.5. The van der Waals surface area contributed by atoms with E-state index in [1.54, 1.807) is 40.8 Å². The van der Waals surface area contributed by atoms with Gasteiger partial charge >= 0.3 is 6.09 Å². The molecular weight excluding hydrogens is 593 g/mol. The SMILES string of the molecule is C=CCN(c1ccc(-c2nnc(-c3cc(F)c(OCC4C(C)OC(C)(C)N4C(=O)OC(C)(C)C)cc3Cl)s2)cn1)C(C)C. The molecule has 1 aliphatic rings. The fraction of sp³-hybridized carbons (Fsp3) is 0.484. The summed E-state index contributed by atoms with van der Waals surface area (Å²) in [5.74, 6) is 0.168. The number of aromatic nitrogens is 3. The molecule has 1 amide bonds. The van der Waals surface area contributed by atoms with Gasteiger partial charge in [-0.15, -0.1) is 16.8 Å². The monoisotopic (exact) mass is 631 g/mol. The Morgan fingerprint density at radius 3 is 2.58 bits per heavy atom. The molecule has 1 aliphatic heterocycles. The predicted molar refractivity (Wildman–Crippen MR) is 168 cm³/mol. The summed E-state index contributed by atoms with van der Waals surface area (Å²) >= 11 is 7.87. The molecule has 2 atom stereocenters. The third kappa shape index (κ3) is 7.45. The first-order valence-corrected chi connectivity index (χ1v) is 15.3. The van der Waals surface area contributed by atoms with Crippen LogP contribution in [0.15, 0.2) is 43.1 Å². The molecule has 9 nitrogen and oxygen atoms in total. The maximum absolute atomic E-state index is 15.3. The summed E-state index contributed by atoms with van der Waals surface area (Å²) in [4.78, 5) is 21.2. The molecule has 2 unspecified atom stereocenters. The second-order valence-corrected chi connectivity index (χ2v) is 13.5. The van der Waals surface area contributed by atoms with Gasteiger partial charge in [0, 0.05) is 36.0 Å². The number of halogens is 2. The van der Waals surface area contributed by atoms with Crippen molar-refractivity contribution < 1.29 is 23.4 Å². The van der Waals surface area contributed by atoms with Crippen LogP contribution in [0.3, 0.4) is 0 Å². The van der Waals surface area contributed by atoms with Gasteiger partial charge in [0.15, 0.2) is 11.6 Å². The predicted octanol–water partition coefficient (Wildman–Crippen LogP) is 7.60. The van der Waals surface area contributed by atoms with Gasteiger partial charge in [0.2, 0.25) is 0 Å². The van der Waals surface area contributed by atoms with Gasteiger partial charge in [-0.1, -0.05) is 29.0 Å². The van der Waals surface area contributed by atoms with Crippen molar-refractivity contribution in [3.63, 3.8) is 0 Å². The van der Waals surface area contributed by atoms with Crippen molar-refractivity contribution in [2.24, 2.45) is 0 Å². The largest absolute Gasteiger partial charge is 0.488 e. The van der Waals surface area contributed by atoms with E-state index in [-0.39, 0.29) is 29.5 Å². The maximum atomic E-state index is 15.3. The number of rotatable bonds is 9. The average molecular weight is 632 g/mol. The first-order chi connectivity index (χ1) is 20.1. The lowest BCUT2D eigenvalue weighted by Gasteiger charge is -2.35. The quantitative estimate of drug-likeness (QED) is 0.223. The molecule has 0 bridgehead atoms. The zero-order chi connectivity index (χ0) is 31.7. The molecule has 1 saturated heterocycles. The number of carbonyl (C=O) groups excluding carboxylic acids is 1. The van der Waals surface area contributed by atoms with E-state index in [1.165, 1.54) is 28.4 Å². The summed E-state index contributed by atoms with van der Waals surface area (Å²) in [5, 5.41) is 9.88. The second-order valence-electron chi connectivity index (χ2n) is 12.1. The Bertz CT molecular complexity index is 1460. The van der Waals surface area contributed by atoms with Crippen LogP contribution in [0.5, 0.6) is 5.75 Å². The van der Waals surface area contributed by atoms with Gasteiger partial charge in [-0.25, -0.2) is 14.2 Å². The van der Waals surface area contributed by atoms with Crippen LogP contribution < -0.4 is 9.64 Å². The number of ether oxygens (including phenoxy) is 3. The number of amides is 1. The topological polar surface area (TPSA) is 89.9 Å². The Kier molecular flexibility index (Phi) is 9.68. The van der Waals surface area contributed by atoms with Gasteiger partial charge < -0.3 is 19.1 Å². The molecule has 3 heterocycles. The molecule has 12 heteroatoms. The van der Waals surface area contributed by atoms with E-state index in [0.717, 1.165) is 11.4 Å². The summed E-state index contributed by atoms with van der Waals surface area (Å²) in [7, 11) is 0. The summed E-state index contributed by atoms with van der Waals surface area (Å²) in [6.07, 6.45) is 2.68. The molecular formula is C31H39ClFN5O4S. The molecule has 3 aromatic rings. The van der Waals surface area contributed by atoms with Crippen LogP contribution in [0.25, 0.3) is 21.1 Å². The zero-order valence-electron chi connectivity index (χ0n) is 25.9. The minimum Gasteiger partial charge on any atom is -0.488 e. The number of hydrogen-bond acceptors (Lipinski definition) is 9. The van der Waals surface area contributed by atoms with E-state index in [9.17, 15) is 4.79 Å². The number of pyridine rings is 1. The summed E-state index contributed by atoms with van der Waals surface area (Å²) < 4.78 is 32.8. The summed E-state index contributed by atoms with van der Waals surface area (Å²) in [5.41, 5.74) is -0.437. The van der Waals surface area contributed by atoms with Crippen LogP contribution in [0.4, 0.5) is 15.0 Å². The van der Waals surface area contributed by atoms with E-state index < -0.39 is 29.3 Å². The molecule has 0 aliphatic carbocycles. The Labute approximate surface area is 261 Å². The number of hydrogen-bond donors (Lipinski definition) is 0. The fourth-order valence-electron chi connectivity index (χ4n) is 4.89. The average Bonchev–Trinajstić information content (AvgIpc) is 3.48. The minimum atomic E-state index is -0.930. The van der Waals surface area contributed by atoms with Crippen molar-refractivity contribution in [3.8, 4) is 26.9 Å². The molecule has 0 spiro atoms. The molecule has 4 rings (SSSR count). The van der Waals surface area contributed by atoms with Crippen LogP contribution >= 0.6 is 22.9 Å². The van der Waals surface area contributed by atoms with E-state index in [1.807, 2.05) is 25.1 Å². The van der Waals surface area contributed by atoms with Crippen molar-refractivity contribution in [1.82, 2.24) is 20.1 Å². The third-order valence-corrected chi connectivity index (χ3v) is 8.16. The molecule has 1 fully saturated rings. The van der Waals surface area contributed by atoms with Crippen molar-refractivity contribution >= 4 is 34.8 Å². The maximum Gasteiger partial charge on any atom is 0.413 e. The van der Waals surface area contributed by atoms with Crippen molar-refractivity contribution in [2.45, 2.75) is 84.9 Å². The van der Waals surface area contributed by atoms with Crippen molar-refractivity contribution in [1.29, 1.82) is 0 Å². The lowest BCUT2D eigenvalue weighted by Crippen LogP contribution is -2.52. The molecule has 1 aromatic carbocycles. The van der Waals surface area contributed by atoms with Gasteiger partial charge in [0.25, 0.3) is 0 Å². The zero-order valence-corrected chi connectivity index (χ0v) is 27.4. The molecule has 0 saturated carbocycles. The van der Waals surface area contributed by atoms with Crippen molar-refractivity contribution in [3.05, 3.63) is 54.0 Å². The summed E-state index contributed by atoms with van der Waals surface area (Å²) in [6, 6.07) is 6.30. The Morgan fingerprint density at radius 1 is 1.28 bits per heavy atom. The first kappa shape index (κ1) is 32.6.